The zero-order valence-electron chi connectivity index (χ0n) is 20.6. The molecule has 0 aliphatic carbocycles. The molecule has 0 saturated carbocycles. The highest BCUT2D eigenvalue weighted by Gasteiger charge is 2.58. The number of hydrogen-bond acceptors (Lipinski definition) is 2. The van der Waals surface area contributed by atoms with Gasteiger partial charge in [-0.25, -0.2) is 0 Å². The normalized spacial score (nSPS) is 14.1. The van der Waals surface area contributed by atoms with Gasteiger partial charge in [-0.2, -0.15) is 22.0 Å². The van der Waals surface area contributed by atoms with Gasteiger partial charge in [0.2, 0.25) is 0 Å². The third-order valence-electron chi connectivity index (χ3n) is 5.57. The predicted octanol–water partition coefficient (Wildman–Crippen LogP) is 9.10. The molecule has 0 fully saturated rings. The number of nitrogen functional groups attached to an aromatic ring is 2. The molecule has 0 aliphatic heterocycles. The van der Waals surface area contributed by atoms with Crippen LogP contribution in [-0.4, -0.2) is 6.18 Å². The van der Waals surface area contributed by atoms with Crippen LogP contribution < -0.4 is 11.5 Å². The number of alkyl halides is 5. The van der Waals surface area contributed by atoms with Gasteiger partial charge in [0, 0.05) is 20.5 Å². The second-order valence-electron chi connectivity index (χ2n) is 9.75. The number of benzene rings is 2. The highest BCUT2D eigenvalue weighted by Crippen LogP contribution is 2.45. The van der Waals surface area contributed by atoms with Gasteiger partial charge in [-0.1, -0.05) is 47.6 Å². The lowest BCUT2D eigenvalue weighted by molar-refractivity contribution is -0.289. The smallest absolute Gasteiger partial charge is 0.398 e. The first-order valence-corrected chi connectivity index (χ1v) is 12.4. The Kier molecular flexibility index (Phi) is 11.1. The van der Waals surface area contributed by atoms with Crippen LogP contribution in [0.5, 0.6) is 0 Å². The summed E-state index contributed by atoms with van der Waals surface area (Å²) in [5.74, 6) is -3.48. The van der Waals surface area contributed by atoms with Gasteiger partial charge in [-0.05, 0) is 101 Å². The zero-order valence-corrected chi connectivity index (χ0v) is 22.8. The summed E-state index contributed by atoms with van der Waals surface area (Å²) in [6.45, 7) is 12.4. The largest absolute Gasteiger partial charge is 0.458 e. The first kappa shape index (κ1) is 30.5. The Bertz CT molecular complexity index is 926. The summed E-state index contributed by atoms with van der Waals surface area (Å²) in [6.07, 6.45) is -3.75. The summed E-state index contributed by atoms with van der Waals surface area (Å²) in [5.41, 5.74) is 13.4. The first-order valence-electron chi connectivity index (χ1n) is 11.4. The summed E-state index contributed by atoms with van der Waals surface area (Å²) < 4.78 is 65.1. The van der Waals surface area contributed by atoms with Crippen LogP contribution in [0.1, 0.15) is 82.9 Å². The fourth-order valence-electron chi connectivity index (χ4n) is 4.00. The van der Waals surface area contributed by atoms with E-state index in [0.717, 1.165) is 29.8 Å². The van der Waals surface area contributed by atoms with Crippen LogP contribution in [0.2, 0.25) is 0 Å². The van der Waals surface area contributed by atoms with Crippen LogP contribution >= 0.6 is 22.6 Å². The summed E-state index contributed by atoms with van der Waals surface area (Å²) >= 11 is 2.33. The fourth-order valence-corrected chi connectivity index (χ4v) is 4.52. The minimum atomic E-state index is -5.61. The number of halogens is 6. The molecule has 2 atom stereocenters. The number of rotatable bonds is 7. The van der Waals surface area contributed by atoms with Crippen LogP contribution in [0.15, 0.2) is 36.4 Å². The second-order valence-corrected chi connectivity index (χ2v) is 11.0. The molecule has 0 aromatic heterocycles. The van der Waals surface area contributed by atoms with Crippen LogP contribution in [0, 0.1) is 15.4 Å². The standard InChI is InChI=1S/C14H18F5N.C12H18IN/c1-8(2)6-9(3)11-7-10(4-5-12(11)20)13(15,16)14(17,18)19;1-8(2)6-9(3)11-7-10(13)4-5-12(11)14/h4-5,7-9H,6,20H2,1-3H3;4-5,7-9H,6,14H2,1-3H3. The van der Waals surface area contributed by atoms with Crippen molar-refractivity contribution in [2.75, 3.05) is 11.5 Å². The Hall–Kier alpha value is -1.58. The molecule has 2 unspecified atom stereocenters. The molecular weight excluding hydrogens is 562 g/mol. The zero-order chi connectivity index (χ0) is 26.4. The van der Waals surface area contributed by atoms with Crippen molar-refractivity contribution >= 4 is 34.0 Å². The van der Waals surface area contributed by atoms with Crippen molar-refractivity contribution in [2.45, 2.75) is 78.3 Å². The van der Waals surface area contributed by atoms with Gasteiger partial charge in [-0.15, -0.1) is 0 Å². The molecule has 0 spiro atoms. The van der Waals surface area contributed by atoms with Crippen molar-refractivity contribution in [3.63, 3.8) is 0 Å². The van der Waals surface area contributed by atoms with Crippen LogP contribution in [0.25, 0.3) is 0 Å². The van der Waals surface area contributed by atoms with Crippen LogP contribution in [0.3, 0.4) is 0 Å². The van der Waals surface area contributed by atoms with Crippen molar-refractivity contribution in [1.29, 1.82) is 0 Å². The molecule has 8 heteroatoms. The molecule has 0 saturated heterocycles. The summed E-state index contributed by atoms with van der Waals surface area (Å²) in [4.78, 5) is 0. The minimum absolute atomic E-state index is 0.181. The molecule has 2 nitrogen and oxygen atoms in total. The first-order chi connectivity index (χ1) is 15.5. The molecule has 2 rings (SSSR count). The quantitative estimate of drug-likeness (QED) is 0.190. The lowest BCUT2D eigenvalue weighted by atomic mass is 9.89. The maximum atomic E-state index is 13.3. The minimum Gasteiger partial charge on any atom is -0.398 e. The Balaban J connectivity index is 0.000000362. The second kappa shape index (κ2) is 12.4. The van der Waals surface area contributed by atoms with Gasteiger partial charge in [0.15, 0.2) is 0 Å². The van der Waals surface area contributed by atoms with E-state index in [-0.39, 0.29) is 17.5 Å². The van der Waals surface area contributed by atoms with Gasteiger partial charge in [0.1, 0.15) is 0 Å². The summed E-state index contributed by atoms with van der Waals surface area (Å²) in [5, 5.41) is 0. The molecular formula is C26H36F5IN2. The van der Waals surface area contributed by atoms with Crippen molar-refractivity contribution in [3.05, 3.63) is 56.7 Å². The Labute approximate surface area is 213 Å². The van der Waals surface area contributed by atoms with E-state index < -0.39 is 17.7 Å². The van der Waals surface area contributed by atoms with E-state index in [4.69, 9.17) is 11.5 Å². The molecule has 4 N–H and O–H groups in total. The molecule has 34 heavy (non-hydrogen) atoms. The Morgan fingerprint density at radius 1 is 0.706 bits per heavy atom. The van der Waals surface area contributed by atoms with E-state index >= 15 is 0 Å². The van der Waals surface area contributed by atoms with E-state index in [0.29, 0.717) is 17.9 Å². The molecule has 192 valence electrons. The average Bonchev–Trinajstić information content (AvgIpc) is 2.68. The van der Waals surface area contributed by atoms with Gasteiger partial charge >= 0.3 is 12.1 Å². The van der Waals surface area contributed by atoms with Gasteiger partial charge in [0.05, 0.1) is 0 Å². The van der Waals surface area contributed by atoms with E-state index in [2.05, 4.69) is 55.5 Å². The summed E-state index contributed by atoms with van der Waals surface area (Å²) in [6, 6.07) is 8.98. The maximum Gasteiger partial charge on any atom is 0.458 e. The van der Waals surface area contributed by atoms with Crippen LogP contribution in [-0.2, 0) is 5.92 Å². The van der Waals surface area contributed by atoms with E-state index in [1.54, 1.807) is 6.92 Å². The number of hydrogen-bond donors (Lipinski definition) is 2. The molecule has 2 aromatic rings. The molecule has 0 heterocycles. The lowest BCUT2D eigenvalue weighted by Crippen LogP contribution is -2.33. The van der Waals surface area contributed by atoms with Crippen molar-refractivity contribution in [3.8, 4) is 0 Å². The predicted molar refractivity (Wildman–Crippen MR) is 140 cm³/mol. The fraction of sp³-hybridized carbons (Fsp3) is 0.538. The topological polar surface area (TPSA) is 52.0 Å². The average molecular weight is 598 g/mol. The van der Waals surface area contributed by atoms with E-state index in [1.807, 2.05) is 19.9 Å². The summed E-state index contributed by atoms with van der Waals surface area (Å²) in [7, 11) is 0. The highest BCUT2D eigenvalue weighted by atomic mass is 127. The SMILES string of the molecule is CC(C)CC(C)c1cc(C(F)(F)C(F)(F)F)ccc1N.CC(C)CC(C)c1cc(I)ccc1N. The lowest BCUT2D eigenvalue weighted by Gasteiger charge is -2.23. The van der Waals surface area contributed by atoms with Crippen LogP contribution in [0.4, 0.5) is 33.3 Å². The number of anilines is 2. The number of nitrogens with two attached hydrogens (primary N) is 2. The van der Waals surface area contributed by atoms with E-state index in [1.165, 1.54) is 15.6 Å². The molecule has 0 amide bonds. The molecule has 0 bridgehead atoms. The Morgan fingerprint density at radius 3 is 1.53 bits per heavy atom. The van der Waals surface area contributed by atoms with Crippen molar-refractivity contribution in [1.82, 2.24) is 0 Å². The molecule has 0 radical (unpaired) electrons. The Morgan fingerprint density at radius 2 is 1.12 bits per heavy atom. The van der Waals surface area contributed by atoms with Gasteiger partial charge in [-0.3, -0.25) is 0 Å². The highest BCUT2D eigenvalue weighted by molar-refractivity contribution is 14.1. The van der Waals surface area contributed by atoms with Gasteiger partial charge < -0.3 is 11.5 Å². The molecule has 2 aromatic carbocycles. The monoisotopic (exact) mass is 598 g/mol. The van der Waals surface area contributed by atoms with E-state index in [9.17, 15) is 22.0 Å². The third-order valence-corrected chi connectivity index (χ3v) is 6.24. The molecule has 0 aliphatic rings. The van der Waals surface area contributed by atoms with Gasteiger partial charge in [0.25, 0.3) is 0 Å². The maximum absolute atomic E-state index is 13.3. The van der Waals surface area contributed by atoms with Crippen molar-refractivity contribution in [2.24, 2.45) is 11.8 Å². The third kappa shape index (κ3) is 8.57. The van der Waals surface area contributed by atoms with Crippen molar-refractivity contribution < 1.29 is 22.0 Å².